The number of nitrogens with zero attached hydrogens (tertiary/aromatic N) is 1. The number of fused-ring (bicyclic) bond motifs is 1. The topological polar surface area (TPSA) is 58.6 Å². The molecule has 2 amide bonds. The minimum absolute atomic E-state index is 0.176. The third-order valence-corrected chi connectivity index (χ3v) is 5.05. The molecule has 0 saturated heterocycles. The Bertz CT molecular complexity index is 911. The van der Waals surface area contributed by atoms with E-state index < -0.39 is 6.04 Å². The van der Waals surface area contributed by atoms with Crippen molar-refractivity contribution in [3.63, 3.8) is 0 Å². The van der Waals surface area contributed by atoms with Crippen LogP contribution >= 0.6 is 11.6 Å². The van der Waals surface area contributed by atoms with Gasteiger partial charge in [-0.3, -0.25) is 9.59 Å². The van der Waals surface area contributed by atoms with E-state index in [0.29, 0.717) is 29.7 Å². The van der Waals surface area contributed by atoms with Gasteiger partial charge >= 0.3 is 0 Å². The number of amides is 2. The molecule has 1 atom stereocenters. The Hall–Kier alpha value is -2.53. The van der Waals surface area contributed by atoms with E-state index in [9.17, 15) is 9.59 Å². The number of hydrogen-bond acceptors (Lipinski definition) is 3. The number of rotatable bonds is 6. The Morgan fingerprint density at radius 3 is 2.68 bits per heavy atom. The summed E-state index contributed by atoms with van der Waals surface area (Å²) < 4.78 is 6.04. The first-order valence-electron chi connectivity index (χ1n) is 9.39. The predicted octanol–water partition coefficient (Wildman–Crippen LogP) is 4.37. The average Bonchev–Trinajstić information content (AvgIpc) is 2.86. The van der Waals surface area contributed by atoms with Gasteiger partial charge in [0.2, 0.25) is 5.91 Å². The van der Waals surface area contributed by atoms with Crippen molar-refractivity contribution in [3.8, 4) is 5.75 Å². The van der Waals surface area contributed by atoms with E-state index in [-0.39, 0.29) is 11.8 Å². The molecule has 0 saturated carbocycles. The fraction of sp³-hybridized carbons (Fsp3) is 0.364. The summed E-state index contributed by atoms with van der Waals surface area (Å²) in [7, 11) is 0. The number of hydrogen-bond donors (Lipinski definition) is 1. The highest BCUT2D eigenvalue weighted by atomic mass is 35.5. The van der Waals surface area contributed by atoms with Crippen molar-refractivity contribution in [2.45, 2.75) is 39.7 Å². The molecule has 1 aliphatic rings. The Kier molecular flexibility index (Phi) is 5.94. The Morgan fingerprint density at radius 1 is 1.25 bits per heavy atom. The lowest BCUT2D eigenvalue weighted by Gasteiger charge is -2.20. The molecule has 2 aromatic carbocycles. The van der Waals surface area contributed by atoms with Crippen molar-refractivity contribution in [2.24, 2.45) is 0 Å². The maximum Gasteiger partial charge on any atom is 0.254 e. The van der Waals surface area contributed by atoms with Crippen LogP contribution in [0.15, 0.2) is 36.4 Å². The summed E-state index contributed by atoms with van der Waals surface area (Å²) in [5.74, 6) is 0.750. The van der Waals surface area contributed by atoms with E-state index in [2.05, 4.69) is 31.3 Å². The summed E-state index contributed by atoms with van der Waals surface area (Å²) in [6.45, 7) is 8.41. The third kappa shape index (κ3) is 4.14. The lowest BCUT2D eigenvalue weighted by molar-refractivity contribution is -0.126. The number of nitrogens with one attached hydrogen (secondary N) is 1. The van der Waals surface area contributed by atoms with Crippen molar-refractivity contribution < 1.29 is 14.3 Å². The highest BCUT2D eigenvalue weighted by Crippen LogP contribution is 2.37. The van der Waals surface area contributed by atoms with Crippen LogP contribution < -0.4 is 15.0 Å². The molecule has 148 valence electrons. The molecule has 6 heteroatoms. The van der Waals surface area contributed by atoms with Gasteiger partial charge in [-0.2, -0.15) is 0 Å². The zero-order chi connectivity index (χ0) is 20.4. The molecular weight excluding hydrogens is 376 g/mol. The molecule has 1 heterocycles. The number of benzene rings is 2. The summed E-state index contributed by atoms with van der Waals surface area (Å²) in [6, 6.07) is 10.8. The molecule has 28 heavy (non-hydrogen) atoms. The molecular formula is C22H25ClN2O3. The van der Waals surface area contributed by atoms with Gasteiger partial charge in [-0.05, 0) is 48.2 Å². The smallest absolute Gasteiger partial charge is 0.254 e. The number of halogens is 1. The first-order valence-corrected chi connectivity index (χ1v) is 9.77. The number of aryl methyl sites for hydroxylation is 1. The van der Waals surface area contributed by atoms with Crippen LogP contribution in [0.2, 0.25) is 5.02 Å². The summed E-state index contributed by atoms with van der Waals surface area (Å²) >= 11 is 6.10. The molecule has 1 unspecified atom stereocenters. The fourth-order valence-electron chi connectivity index (χ4n) is 3.47. The molecule has 0 aliphatic carbocycles. The molecule has 5 nitrogen and oxygen atoms in total. The molecule has 2 aromatic rings. The van der Waals surface area contributed by atoms with Gasteiger partial charge in [0.15, 0.2) is 0 Å². The van der Waals surface area contributed by atoms with Crippen LogP contribution in [0, 0.1) is 6.92 Å². The maximum atomic E-state index is 12.9. The van der Waals surface area contributed by atoms with Gasteiger partial charge in [0.05, 0.1) is 6.54 Å². The second-order valence-corrected chi connectivity index (χ2v) is 7.81. The average molecular weight is 401 g/mol. The first-order chi connectivity index (χ1) is 13.3. The van der Waals surface area contributed by atoms with Crippen molar-refractivity contribution >= 4 is 29.1 Å². The lowest BCUT2D eigenvalue weighted by atomic mass is 10.0. The van der Waals surface area contributed by atoms with Crippen LogP contribution in [-0.2, 0) is 9.59 Å². The predicted molar refractivity (Wildman–Crippen MR) is 111 cm³/mol. The van der Waals surface area contributed by atoms with Gasteiger partial charge in [0, 0.05) is 23.2 Å². The molecule has 3 rings (SSSR count). The molecule has 0 fully saturated rings. The molecule has 1 N–H and O–H groups in total. The SMILES string of the molecule is CC(=O)NC1C(=O)N(CCOc2cc(C)ccc2C(C)C)c2ccc(Cl)cc21. The van der Waals surface area contributed by atoms with E-state index in [4.69, 9.17) is 16.3 Å². The standard InChI is InChI=1S/C22H25ClN2O3/c1-13(2)17-7-5-14(3)11-20(17)28-10-9-25-19-8-6-16(23)12-18(19)21(22(25)27)24-15(4)26/h5-8,11-13,21H,9-10H2,1-4H3,(H,24,26). The quantitative estimate of drug-likeness (QED) is 0.783. The Balaban J connectivity index is 1.77. The second-order valence-electron chi connectivity index (χ2n) is 7.37. The van der Waals surface area contributed by atoms with Gasteiger partial charge in [-0.25, -0.2) is 0 Å². The number of carbonyl (C=O) groups excluding carboxylic acids is 2. The highest BCUT2D eigenvalue weighted by Gasteiger charge is 2.37. The van der Waals surface area contributed by atoms with Gasteiger partial charge in [-0.15, -0.1) is 0 Å². The number of carbonyl (C=O) groups is 2. The molecule has 0 aromatic heterocycles. The van der Waals surface area contributed by atoms with Gasteiger partial charge in [0.1, 0.15) is 18.4 Å². The minimum Gasteiger partial charge on any atom is -0.491 e. The van der Waals surface area contributed by atoms with Crippen LogP contribution in [-0.4, -0.2) is 25.0 Å². The van der Waals surface area contributed by atoms with Crippen molar-refractivity contribution in [1.82, 2.24) is 5.32 Å². The normalized spacial score (nSPS) is 15.7. The van der Waals surface area contributed by atoms with E-state index in [1.807, 2.05) is 19.1 Å². The second kappa shape index (κ2) is 8.23. The van der Waals surface area contributed by atoms with Crippen LogP contribution in [0.25, 0.3) is 0 Å². The molecule has 1 aliphatic heterocycles. The molecule has 0 bridgehead atoms. The Labute approximate surface area is 170 Å². The van der Waals surface area contributed by atoms with E-state index in [1.165, 1.54) is 6.92 Å². The maximum absolute atomic E-state index is 12.9. The first kappa shape index (κ1) is 20.2. The summed E-state index contributed by atoms with van der Waals surface area (Å²) in [4.78, 5) is 26.1. The van der Waals surface area contributed by atoms with Crippen molar-refractivity contribution in [3.05, 3.63) is 58.1 Å². The van der Waals surface area contributed by atoms with Gasteiger partial charge in [0.25, 0.3) is 5.91 Å². The summed E-state index contributed by atoms with van der Waals surface area (Å²) in [5, 5.41) is 3.24. The van der Waals surface area contributed by atoms with Crippen LogP contribution in [0.3, 0.4) is 0 Å². The summed E-state index contributed by atoms with van der Waals surface area (Å²) in [5.41, 5.74) is 3.74. The van der Waals surface area contributed by atoms with Crippen molar-refractivity contribution in [1.29, 1.82) is 0 Å². The molecule has 0 radical (unpaired) electrons. The third-order valence-electron chi connectivity index (χ3n) is 4.82. The van der Waals surface area contributed by atoms with E-state index in [0.717, 1.165) is 22.6 Å². The van der Waals surface area contributed by atoms with Crippen LogP contribution in [0.1, 0.15) is 49.4 Å². The summed E-state index contributed by atoms with van der Waals surface area (Å²) in [6.07, 6.45) is 0. The number of ether oxygens (including phenoxy) is 1. The van der Waals surface area contributed by atoms with Gasteiger partial charge < -0.3 is 15.0 Å². The minimum atomic E-state index is -0.712. The zero-order valence-corrected chi connectivity index (χ0v) is 17.3. The largest absolute Gasteiger partial charge is 0.491 e. The fourth-order valence-corrected chi connectivity index (χ4v) is 3.65. The van der Waals surface area contributed by atoms with Crippen LogP contribution in [0.4, 0.5) is 5.69 Å². The van der Waals surface area contributed by atoms with Crippen LogP contribution in [0.5, 0.6) is 5.75 Å². The Morgan fingerprint density at radius 2 is 2.00 bits per heavy atom. The monoisotopic (exact) mass is 400 g/mol. The molecule has 0 spiro atoms. The highest BCUT2D eigenvalue weighted by molar-refractivity contribution is 6.31. The van der Waals surface area contributed by atoms with E-state index in [1.54, 1.807) is 17.0 Å². The van der Waals surface area contributed by atoms with Gasteiger partial charge in [-0.1, -0.05) is 37.6 Å². The zero-order valence-electron chi connectivity index (χ0n) is 16.6. The van der Waals surface area contributed by atoms with E-state index >= 15 is 0 Å². The number of anilines is 1. The lowest BCUT2D eigenvalue weighted by Crippen LogP contribution is -2.38. The van der Waals surface area contributed by atoms with Crippen molar-refractivity contribution in [2.75, 3.05) is 18.1 Å².